The molecular weight excluding hydrogens is 1050 g/mol. The van der Waals surface area contributed by atoms with E-state index in [1.807, 2.05) is 116 Å². The predicted molar refractivity (Wildman–Crippen MR) is 338 cm³/mol. The van der Waals surface area contributed by atoms with Crippen LogP contribution in [0.5, 0.6) is 0 Å². The molecule has 3 N–H and O–H groups in total. The summed E-state index contributed by atoms with van der Waals surface area (Å²) >= 11 is 5.48. The predicted octanol–water partition coefficient (Wildman–Crippen LogP) is 14.8. The van der Waals surface area contributed by atoms with Crippen molar-refractivity contribution in [3.05, 3.63) is 329 Å². The second-order valence-electron chi connectivity index (χ2n) is 18.7. The Morgan fingerprint density at radius 1 is 0.590 bits per heavy atom. The van der Waals surface area contributed by atoms with Gasteiger partial charge in [0.1, 0.15) is 0 Å². The number of aromatic amines is 1. The molecular formula is C70H78ClN9O3. The summed E-state index contributed by atoms with van der Waals surface area (Å²) in [6.45, 7) is 8.21. The summed E-state index contributed by atoms with van der Waals surface area (Å²) in [6, 6.07) is 50.6. The van der Waals surface area contributed by atoms with E-state index in [1.54, 1.807) is 86.0 Å². The summed E-state index contributed by atoms with van der Waals surface area (Å²) in [7, 11) is 0. The van der Waals surface area contributed by atoms with E-state index >= 15 is 0 Å². The zero-order chi connectivity index (χ0) is 59.1. The van der Waals surface area contributed by atoms with Crippen molar-refractivity contribution < 1.29 is 10.2 Å². The van der Waals surface area contributed by atoms with Crippen LogP contribution in [0.4, 0.5) is 0 Å². The van der Waals surface area contributed by atoms with E-state index in [0.717, 1.165) is 34.9 Å². The Labute approximate surface area is 496 Å². The average molecular weight is 1130 g/mol. The third-order valence-corrected chi connectivity index (χ3v) is 12.3. The normalized spacial score (nSPS) is 12.0. The Balaban J connectivity index is 0.000000202. The Hall–Kier alpha value is -8.94. The smallest absolute Gasteiger partial charge is 0.247 e. The van der Waals surface area contributed by atoms with Crippen LogP contribution in [-0.2, 0) is 32.3 Å². The molecule has 0 saturated heterocycles. The Bertz CT molecular complexity index is 3130. The summed E-state index contributed by atoms with van der Waals surface area (Å²) in [5, 5.41) is 17.7. The molecule has 10 aromatic rings. The largest absolute Gasteiger partial charge is 0.396 e. The molecule has 12 rings (SSSR count). The van der Waals surface area contributed by atoms with Crippen molar-refractivity contribution in [1.82, 2.24) is 44.9 Å². The molecule has 0 aliphatic heterocycles. The van der Waals surface area contributed by atoms with Crippen molar-refractivity contribution >= 4 is 17.7 Å². The third-order valence-electron chi connectivity index (χ3n) is 12.1. The number of rotatable bonds is 8. The molecule has 1 unspecified atom stereocenters. The van der Waals surface area contributed by atoms with Gasteiger partial charge in [0.05, 0.1) is 11.6 Å². The van der Waals surface area contributed by atoms with E-state index in [-0.39, 0.29) is 18.8 Å². The number of H-pyrrole nitrogens is 1. The highest BCUT2D eigenvalue weighted by Gasteiger charge is 2.11. The molecule has 0 fully saturated rings. The molecule has 1 atom stereocenters. The van der Waals surface area contributed by atoms with Crippen LogP contribution in [-0.4, -0.2) is 61.7 Å². The Morgan fingerprint density at radius 2 is 1.19 bits per heavy atom. The lowest BCUT2D eigenvalue weighted by Crippen LogP contribution is -2.03. The topological polar surface area (TPSA) is 176 Å². The lowest BCUT2D eigenvalue weighted by molar-refractivity contribution is 0.281. The van der Waals surface area contributed by atoms with Gasteiger partial charge in [-0.05, 0) is 181 Å². The molecule has 0 radical (unpaired) electrons. The number of aryl methyl sites for hydroxylation is 2. The number of hydrogen-bond donors (Lipinski definition) is 3. The fourth-order valence-electron chi connectivity index (χ4n) is 7.69. The maximum atomic E-state index is 10.2. The monoisotopic (exact) mass is 1130 g/mol. The summed E-state index contributed by atoms with van der Waals surface area (Å²) < 4.78 is 0. The van der Waals surface area contributed by atoms with Crippen LogP contribution >= 0.6 is 11.6 Å². The molecule has 2 aliphatic rings. The molecule has 0 amide bonds. The lowest BCUT2D eigenvalue weighted by Gasteiger charge is -2.17. The summed E-state index contributed by atoms with van der Waals surface area (Å²) in [5.41, 5.74) is 10.9. The number of allylic oxidation sites excluding steroid dienone is 2. The summed E-state index contributed by atoms with van der Waals surface area (Å²) in [5.74, 6) is 1.35. The standard InChI is InChI=1S/C12H11N.C11H13N.C9H11N.C8H11N.C7H9NO.C7H7N.C6H7NO.C5H4ClN.C5H5NO/c1-2-6-11(7-3-1)10-12-8-4-5-9-13-12;1-2-4-10(5-3-1)11-6-8-12-9-7-11;1-2-6-9-8(4-1)5-3-7-10-9;1-7(2)8-3-5-9-6-4-8;9-6-4-7-3-1-2-5-8-7;1-2-7-3-5-8-6-4-7;8-5-6-2-1-3-7-4-6;6-5-2-1-3-7-4-5;7-5-3-1-2-4-6-5/h1-9H,10H2;1-2,6-10H,3-5H2;3,5,7H,1-2,4,6H2;3-7H,1-2H3;1-3,5,9H,4,6H2;2-6H,1H2;1-4,8H,5H2;1-4H;1-4H,(H,6,7). The first-order valence-electron chi connectivity index (χ1n) is 27.8. The summed E-state index contributed by atoms with van der Waals surface area (Å²) in [6.07, 6.45) is 41.3. The zero-order valence-corrected chi connectivity index (χ0v) is 48.5. The SMILES string of the molecule is C1=CCC(c2ccncc2)CC1.C=Cc1ccncc1.CC(C)c1ccncc1.Clc1cccnc1.O=c1cccc[nH]1.OCCc1ccccn1.OCc1cccnc1.c1ccc(Cc2ccccn2)cc1.c1cnc2c(c1)CCCC2. The molecule has 428 valence electrons. The number of aliphatic hydroxyl groups is 2. The number of nitrogens with zero attached hydrogens (tertiary/aromatic N) is 8. The molecule has 9 heterocycles. The van der Waals surface area contributed by atoms with Gasteiger partial charge in [-0.15, -0.1) is 0 Å². The van der Waals surface area contributed by atoms with Gasteiger partial charge in [-0.25, -0.2) is 0 Å². The molecule has 12 nitrogen and oxygen atoms in total. The van der Waals surface area contributed by atoms with Gasteiger partial charge in [0.25, 0.3) is 0 Å². The number of halogens is 1. The zero-order valence-electron chi connectivity index (χ0n) is 47.7. The van der Waals surface area contributed by atoms with Crippen LogP contribution in [0.1, 0.15) is 108 Å². The van der Waals surface area contributed by atoms with Gasteiger partial charge in [0.15, 0.2) is 0 Å². The Kier molecular flexibility index (Phi) is 35.1. The molecule has 1 aromatic carbocycles. The highest BCUT2D eigenvalue weighted by atomic mass is 35.5. The second-order valence-corrected chi connectivity index (χ2v) is 19.1. The van der Waals surface area contributed by atoms with Gasteiger partial charge < -0.3 is 15.2 Å². The second kappa shape index (κ2) is 43.8. The fourth-order valence-corrected chi connectivity index (χ4v) is 7.82. The number of aromatic nitrogens is 9. The Morgan fingerprint density at radius 3 is 1.66 bits per heavy atom. The maximum absolute atomic E-state index is 10.2. The number of fused-ring (bicyclic) bond motifs is 1. The van der Waals surface area contributed by atoms with Crippen LogP contribution in [0.15, 0.2) is 268 Å². The van der Waals surface area contributed by atoms with Crippen LogP contribution in [0, 0.1) is 0 Å². The highest BCUT2D eigenvalue weighted by Crippen LogP contribution is 2.28. The maximum Gasteiger partial charge on any atom is 0.247 e. The quantitative estimate of drug-likeness (QED) is 0.123. The fraction of sp³-hybridized carbons (Fsp3) is 0.214. The van der Waals surface area contributed by atoms with Crippen molar-refractivity contribution in [3.8, 4) is 0 Å². The van der Waals surface area contributed by atoms with Crippen molar-refractivity contribution in [3.63, 3.8) is 0 Å². The van der Waals surface area contributed by atoms with Crippen LogP contribution in [0.2, 0.25) is 5.02 Å². The van der Waals surface area contributed by atoms with E-state index in [9.17, 15) is 4.79 Å². The van der Waals surface area contributed by atoms with E-state index < -0.39 is 0 Å². The van der Waals surface area contributed by atoms with Gasteiger partial charge in [-0.1, -0.05) is 111 Å². The van der Waals surface area contributed by atoms with Gasteiger partial charge in [0, 0.05) is 129 Å². The first-order valence-corrected chi connectivity index (χ1v) is 28.2. The van der Waals surface area contributed by atoms with E-state index in [1.165, 1.54) is 79.0 Å². The van der Waals surface area contributed by atoms with Crippen molar-refractivity contribution in [2.45, 2.75) is 90.1 Å². The number of hydrogen-bond acceptors (Lipinski definition) is 11. The average Bonchev–Trinajstić information content (AvgIpc) is 3.59. The molecule has 0 bridgehead atoms. The molecule has 2 aliphatic carbocycles. The minimum Gasteiger partial charge on any atom is -0.396 e. The van der Waals surface area contributed by atoms with E-state index in [0.29, 0.717) is 17.4 Å². The van der Waals surface area contributed by atoms with Crippen molar-refractivity contribution in [2.24, 2.45) is 0 Å². The number of benzene rings is 1. The number of nitrogens with one attached hydrogen (secondary N) is 1. The molecule has 9 aromatic heterocycles. The molecule has 0 saturated carbocycles. The van der Waals surface area contributed by atoms with E-state index in [2.05, 4.69) is 120 Å². The van der Waals surface area contributed by atoms with E-state index in [4.69, 9.17) is 21.8 Å². The minimum absolute atomic E-state index is 0.0532. The third kappa shape index (κ3) is 31.6. The minimum atomic E-state index is -0.0532. The number of pyridine rings is 9. The lowest BCUT2D eigenvalue weighted by atomic mass is 9.88. The molecule has 83 heavy (non-hydrogen) atoms. The molecule has 0 spiro atoms. The highest BCUT2D eigenvalue weighted by molar-refractivity contribution is 6.30. The van der Waals surface area contributed by atoms with Gasteiger partial charge in [0.2, 0.25) is 5.56 Å². The first kappa shape index (κ1) is 66.6. The van der Waals surface area contributed by atoms with Gasteiger partial charge in [-0.3, -0.25) is 44.7 Å². The number of aliphatic hydroxyl groups excluding tert-OH is 2. The van der Waals surface area contributed by atoms with Gasteiger partial charge in [-0.2, -0.15) is 0 Å². The van der Waals surface area contributed by atoms with Crippen LogP contribution < -0.4 is 5.56 Å². The van der Waals surface area contributed by atoms with Crippen LogP contribution in [0.25, 0.3) is 6.08 Å². The summed E-state index contributed by atoms with van der Waals surface area (Å²) in [4.78, 5) is 44.6. The molecule has 13 heteroatoms. The first-order chi connectivity index (χ1) is 40.8. The van der Waals surface area contributed by atoms with Crippen molar-refractivity contribution in [2.75, 3.05) is 6.61 Å². The van der Waals surface area contributed by atoms with Crippen LogP contribution in [0.3, 0.4) is 0 Å². The van der Waals surface area contributed by atoms with Crippen molar-refractivity contribution in [1.29, 1.82) is 0 Å². The van der Waals surface area contributed by atoms with Gasteiger partial charge >= 0.3 is 0 Å².